The van der Waals surface area contributed by atoms with Crippen molar-refractivity contribution in [3.05, 3.63) is 24.6 Å². The third-order valence-corrected chi connectivity index (χ3v) is 1.55. The Morgan fingerprint density at radius 1 is 1.29 bits per heavy atom. The number of rotatable bonds is 7. The number of allylic oxidation sites excluding steroid dienone is 1. The average Bonchev–Trinajstić information content (AvgIpc) is 2.26. The normalized spacial score (nSPS) is 11.5. The molecule has 0 aliphatic heterocycles. The Bertz CT molecular complexity index is 369. The van der Waals surface area contributed by atoms with E-state index in [0.29, 0.717) is 5.70 Å². The van der Waals surface area contributed by atoms with Gasteiger partial charge in [-0.15, -0.1) is 0 Å². The molecule has 0 amide bonds. The van der Waals surface area contributed by atoms with Crippen LogP contribution in [0.4, 0.5) is 0 Å². The van der Waals surface area contributed by atoms with E-state index in [1.165, 1.54) is 12.4 Å². The standard InChI is InChI=1S/C13H20N4/c1-5-7-15-9-13(14)10-17-12(4)6-8-16-11(2)3/h6,8-10,14H,4-5,7H2,1-3H3/b8-6-,14-13?,15-9?,17-10?. The third kappa shape index (κ3) is 10.4. The highest BCUT2D eigenvalue weighted by Gasteiger charge is 1.86. The van der Waals surface area contributed by atoms with E-state index in [1.807, 2.05) is 20.8 Å². The molecule has 0 radical (unpaired) electrons. The Morgan fingerprint density at radius 2 is 2.00 bits per heavy atom. The van der Waals surface area contributed by atoms with Crippen LogP contribution in [0.3, 0.4) is 0 Å². The first kappa shape index (κ1) is 15.2. The molecule has 0 unspecified atom stereocenters. The molecule has 4 heteroatoms. The molecule has 0 atom stereocenters. The number of nitrogens with zero attached hydrogens (tertiary/aromatic N) is 3. The Labute approximate surface area is 103 Å². The molecule has 92 valence electrons. The van der Waals surface area contributed by atoms with Crippen molar-refractivity contribution in [2.75, 3.05) is 6.54 Å². The highest BCUT2D eigenvalue weighted by atomic mass is 14.8. The van der Waals surface area contributed by atoms with Crippen LogP contribution in [0.25, 0.3) is 0 Å². The van der Waals surface area contributed by atoms with E-state index >= 15 is 0 Å². The number of nitrogens with one attached hydrogen (secondary N) is 1. The lowest BCUT2D eigenvalue weighted by Gasteiger charge is -1.90. The quantitative estimate of drug-likeness (QED) is 0.518. The molecule has 0 aromatic heterocycles. The van der Waals surface area contributed by atoms with Crippen LogP contribution in [0.5, 0.6) is 0 Å². The Morgan fingerprint density at radius 3 is 2.59 bits per heavy atom. The zero-order valence-electron chi connectivity index (χ0n) is 10.8. The SMILES string of the molecule is C=C(/C=C\N=C(C)C)N=CC(=N)C=NCCC. The van der Waals surface area contributed by atoms with Crippen molar-refractivity contribution in [2.45, 2.75) is 27.2 Å². The maximum absolute atomic E-state index is 7.51. The van der Waals surface area contributed by atoms with Gasteiger partial charge in [0.1, 0.15) is 0 Å². The highest BCUT2D eigenvalue weighted by molar-refractivity contribution is 6.54. The largest absolute Gasteiger partial charge is 0.298 e. The van der Waals surface area contributed by atoms with Crippen molar-refractivity contribution in [3.8, 4) is 0 Å². The smallest absolute Gasteiger partial charge is 0.0900 e. The lowest BCUT2D eigenvalue weighted by Crippen LogP contribution is -1.99. The van der Waals surface area contributed by atoms with Crippen LogP contribution in [-0.4, -0.2) is 30.4 Å². The van der Waals surface area contributed by atoms with E-state index < -0.39 is 0 Å². The van der Waals surface area contributed by atoms with Gasteiger partial charge in [0.2, 0.25) is 0 Å². The molecular formula is C13H20N4. The molecule has 0 rings (SSSR count). The Kier molecular flexibility index (Phi) is 8.37. The van der Waals surface area contributed by atoms with Gasteiger partial charge in [-0.1, -0.05) is 13.5 Å². The molecule has 0 aromatic rings. The van der Waals surface area contributed by atoms with Gasteiger partial charge in [-0.25, -0.2) is 0 Å². The first-order valence-corrected chi connectivity index (χ1v) is 5.55. The highest BCUT2D eigenvalue weighted by Crippen LogP contribution is 1.94. The average molecular weight is 232 g/mol. The summed E-state index contributed by atoms with van der Waals surface area (Å²) in [7, 11) is 0. The number of aliphatic imine (C=N–C) groups is 3. The van der Waals surface area contributed by atoms with E-state index in [0.717, 1.165) is 18.7 Å². The molecule has 0 bridgehead atoms. The lowest BCUT2D eigenvalue weighted by atomic mass is 10.4. The van der Waals surface area contributed by atoms with Gasteiger partial charge < -0.3 is 0 Å². The zero-order chi connectivity index (χ0) is 13.1. The van der Waals surface area contributed by atoms with E-state index in [1.54, 1.807) is 12.3 Å². The van der Waals surface area contributed by atoms with Crippen molar-refractivity contribution < 1.29 is 0 Å². The molecule has 0 aliphatic rings. The predicted molar refractivity (Wildman–Crippen MR) is 76.9 cm³/mol. The Hall–Kier alpha value is -1.84. The molecule has 0 fully saturated rings. The van der Waals surface area contributed by atoms with Crippen LogP contribution in [0.15, 0.2) is 39.5 Å². The maximum Gasteiger partial charge on any atom is 0.0900 e. The van der Waals surface area contributed by atoms with E-state index in [-0.39, 0.29) is 5.71 Å². The van der Waals surface area contributed by atoms with Crippen molar-refractivity contribution >= 4 is 23.9 Å². The molecule has 0 aliphatic carbocycles. The van der Waals surface area contributed by atoms with Gasteiger partial charge in [0.15, 0.2) is 0 Å². The summed E-state index contributed by atoms with van der Waals surface area (Å²) in [5.41, 5.74) is 1.80. The van der Waals surface area contributed by atoms with E-state index in [4.69, 9.17) is 5.41 Å². The fraction of sp³-hybridized carbons (Fsp3) is 0.385. The van der Waals surface area contributed by atoms with Crippen LogP contribution in [0.1, 0.15) is 27.2 Å². The summed E-state index contributed by atoms with van der Waals surface area (Å²) in [6.07, 6.45) is 7.24. The van der Waals surface area contributed by atoms with Gasteiger partial charge in [-0.05, 0) is 26.3 Å². The van der Waals surface area contributed by atoms with Crippen molar-refractivity contribution in [3.63, 3.8) is 0 Å². The van der Waals surface area contributed by atoms with Gasteiger partial charge in [0.05, 0.1) is 17.6 Å². The second-order valence-corrected chi connectivity index (χ2v) is 3.63. The molecule has 4 nitrogen and oxygen atoms in total. The second-order valence-electron chi connectivity index (χ2n) is 3.63. The Balaban J connectivity index is 4.16. The monoisotopic (exact) mass is 232 g/mol. The van der Waals surface area contributed by atoms with Crippen LogP contribution < -0.4 is 0 Å². The van der Waals surface area contributed by atoms with Crippen molar-refractivity contribution in [2.24, 2.45) is 15.0 Å². The summed E-state index contributed by atoms with van der Waals surface area (Å²) in [5.74, 6) is 0. The molecular weight excluding hydrogens is 212 g/mol. The minimum atomic E-state index is 0.267. The number of hydrogen-bond acceptors (Lipinski definition) is 4. The summed E-state index contributed by atoms with van der Waals surface area (Å²) < 4.78 is 0. The molecule has 0 heterocycles. The minimum Gasteiger partial charge on any atom is -0.298 e. The molecule has 0 aromatic carbocycles. The first-order valence-electron chi connectivity index (χ1n) is 5.55. The third-order valence-electron chi connectivity index (χ3n) is 1.55. The summed E-state index contributed by atoms with van der Waals surface area (Å²) in [4.78, 5) is 12.1. The topological polar surface area (TPSA) is 60.9 Å². The summed E-state index contributed by atoms with van der Waals surface area (Å²) >= 11 is 0. The van der Waals surface area contributed by atoms with Crippen LogP contribution in [0, 0.1) is 5.41 Å². The summed E-state index contributed by atoms with van der Waals surface area (Å²) in [5, 5.41) is 7.51. The van der Waals surface area contributed by atoms with Crippen molar-refractivity contribution in [1.29, 1.82) is 5.41 Å². The maximum atomic E-state index is 7.51. The van der Waals surface area contributed by atoms with E-state index in [2.05, 4.69) is 21.6 Å². The van der Waals surface area contributed by atoms with Gasteiger partial charge >= 0.3 is 0 Å². The van der Waals surface area contributed by atoms with Gasteiger partial charge in [-0.3, -0.25) is 20.4 Å². The summed E-state index contributed by atoms with van der Waals surface area (Å²) in [6, 6.07) is 0. The van der Waals surface area contributed by atoms with Gasteiger partial charge in [-0.2, -0.15) is 0 Å². The molecule has 0 saturated carbocycles. The molecule has 0 saturated heterocycles. The molecule has 1 N–H and O–H groups in total. The van der Waals surface area contributed by atoms with Gasteiger partial charge in [0.25, 0.3) is 0 Å². The minimum absolute atomic E-state index is 0.267. The van der Waals surface area contributed by atoms with Gasteiger partial charge in [0, 0.05) is 24.7 Å². The second kappa shape index (κ2) is 9.39. The fourth-order valence-corrected chi connectivity index (χ4v) is 0.793. The predicted octanol–water partition coefficient (Wildman–Crippen LogP) is 3.07. The molecule has 17 heavy (non-hydrogen) atoms. The summed E-state index contributed by atoms with van der Waals surface area (Å²) in [6.45, 7) is 10.3. The number of hydrogen-bond donors (Lipinski definition) is 1. The first-order chi connectivity index (χ1) is 8.06. The van der Waals surface area contributed by atoms with Crippen LogP contribution in [-0.2, 0) is 0 Å². The lowest BCUT2D eigenvalue weighted by molar-refractivity contribution is 0.938. The zero-order valence-corrected chi connectivity index (χ0v) is 10.8. The fourth-order valence-electron chi connectivity index (χ4n) is 0.793. The molecule has 0 spiro atoms. The van der Waals surface area contributed by atoms with Crippen LogP contribution >= 0.6 is 0 Å². The van der Waals surface area contributed by atoms with E-state index in [9.17, 15) is 0 Å². The van der Waals surface area contributed by atoms with Crippen LogP contribution in [0.2, 0.25) is 0 Å². The van der Waals surface area contributed by atoms with Crippen molar-refractivity contribution in [1.82, 2.24) is 0 Å².